The van der Waals surface area contributed by atoms with Gasteiger partial charge in [0.05, 0.1) is 6.54 Å². The summed E-state index contributed by atoms with van der Waals surface area (Å²) in [6.45, 7) is 5.26. The first-order chi connectivity index (χ1) is 10.3. The zero-order valence-corrected chi connectivity index (χ0v) is 15.1. The first-order valence-corrected chi connectivity index (χ1v) is 8.07. The summed E-state index contributed by atoms with van der Waals surface area (Å²) in [5.41, 5.74) is 4.95. The average molecular weight is 375 g/mol. The van der Waals surface area contributed by atoms with Crippen LogP contribution in [0.5, 0.6) is 0 Å². The third-order valence-electron chi connectivity index (χ3n) is 3.59. The van der Waals surface area contributed by atoms with E-state index in [0.29, 0.717) is 0 Å². The third kappa shape index (κ3) is 3.39. The first-order valence-electron chi connectivity index (χ1n) is 7.19. The van der Waals surface area contributed by atoms with Crippen molar-refractivity contribution in [3.05, 3.63) is 65.5 Å². The minimum atomic E-state index is 0. The zero-order chi connectivity index (χ0) is 14.7. The van der Waals surface area contributed by atoms with Crippen molar-refractivity contribution in [2.45, 2.75) is 20.4 Å². The standard InChI is InChI=1S/C18H18N2S.BrH/c1-3-20-17(15-10-5-4-6-11-15)13-21-18(20)19-16-12-8-7-9-14(16)2;/h4-13H,3H2,1-2H3;1H. The predicted molar refractivity (Wildman–Crippen MR) is 90.1 cm³/mol. The second kappa shape index (κ2) is 7.56. The van der Waals surface area contributed by atoms with E-state index < -0.39 is 0 Å². The maximum absolute atomic E-state index is 3.56. The Bertz CT molecular complexity index is 738. The third-order valence-corrected chi connectivity index (χ3v) is 4.48. The maximum Gasteiger partial charge on any atom is 0.339 e. The molecule has 0 aliphatic rings. The lowest BCUT2D eigenvalue weighted by atomic mass is 10.2. The van der Waals surface area contributed by atoms with E-state index in [9.17, 15) is 0 Å². The van der Waals surface area contributed by atoms with Gasteiger partial charge in [0.15, 0.2) is 0 Å². The second-order valence-electron chi connectivity index (χ2n) is 4.98. The average Bonchev–Trinajstić information content (AvgIpc) is 2.93. The van der Waals surface area contributed by atoms with E-state index in [1.165, 1.54) is 27.6 Å². The van der Waals surface area contributed by atoms with Crippen LogP contribution in [-0.2, 0) is 6.54 Å². The lowest BCUT2D eigenvalue weighted by Crippen LogP contribution is -3.00. The Hall–Kier alpha value is -1.65. The van der Waals surface area contributed by atoms with Gasteiger partial charge in [-0.2, -0.15) is 0 Å². The van der Waals surface area contributed by atoms with E-state index in [1.54, 1.807) is 11.3 Å². The summed E-state index contributed by atoms with van der Waals surface area (Å²) < 4.78 is 2.33. The number of nitrogens with one attached hydrogen (secondary N) is 1. The summed E-state index contributed by atoms with van der Waals surface area (Å²) in [6, 6.07) is 18.9. The van der Waals surface area contributed by atoms with Gasteiger partial charge in [-0.25, -0.2) is 9.88 Å². The number of hydrogen-bond donors (Lipinski definition) is 1. The molecule has 0 unspecified atom stereocenters. The number of hydrogen-bond acceptors (Lipinski definition) is 2. The number of thiazole rings is 1. The van der Waals surface area contributed by atoms with Gasteiger partial charge in [-0.1, -0.05) is 59.9 Å². The highest BCUT2D eigenvalue weighted by Gasteiger charge is 2.18. The molecule has 0 aliphatic carbocycles. The normalized spacial score (nSPS) is 10.1. The van der Waals surface area contributed by atoms with Gasteiger partial charge in [-0.15, -0.1) is 0 Å². The van der Waals surface area contributed by atoms with E-state index in [0.717, 1.165) is 6.54 Å². The second-order valence-corrected chi connectivity index (χ2v) is 5.83. The molecule has 0 radical (unpaired) electrons. The molecule has 1 aromatic heterocycles. The number of halogens is 1. The maximum atomic E-state index is 3.56. The molecule has 2 nitrogen and oxygen atoms in total. The molecular formula is C18H19BrN2S. The largest absolute Gasteiger partial charge is 1.00 e. The van der Waals surface area contributed by atoms with Crippen LogP contribution in [0.3, 0.4) is 0 Å². The Morgan fingerprint density at radius 1 is 1.00 bits per heavy atom. The highest BCUT2D eigenvalue weighted by atomic mass is 79.9. The van der Waals surface area contributed by atoms with Gasteiger partial charge in [0.2, 0.25) is 0 Å². The Morgan fingerprint density at radius 2 is 1.68 bits per heavy atom. The van der Waals surface area contributed by atoms with Crippen molar-refractivity contribution < 1.29 is 21.5 Å². The van der Waals surface area contributed by atoms with Crippen LogP contribution in [0.1, 0.15) is 12.5 Å². The van der Waals surface area contributed by atoms with E-state index in [2.05, 4.69) is 83.7 Å². The minimum Gasteiger partial charge on any atom is -1.00 e. The van der Waals surface area contributed by atoms with E-state index >= 15 is 0 Å². The number of para-hydroxylation sites is 1. The molecule has 0 saturated heterocycles. The van der Waals surface area contributed by atoms with Gasteiger partial charge in [-0.3, -0.25) is 0 Å². The highest BCUT2D eigenvalue weighted by Crippen LogP contribution is 2.26. The molecule has 0 bridgehead atoms. The molecule has 0 amide bonds. The Morgan fingerprint density at radius 3 is 2.36 bits per heavy atom. The van der Waals surface area contributed by atoms with Crippen LogP contribution >= 0.6 is 11.3 Å². The van der Waals surface area contributed by atoms with Crippen LogP contribution in [0.4, 0.5) is 10.8 Å². The van der Waals surface area contributed by atoms with Gasteiger partial charge in [0.1, 0.15) is 11.4 Å². The first kappa shape index (κ1) is 16.7. The number of rotatable bonds is 4. The number of benzene rings is 2. The fourth-order valence-corrected chi connectivity index (χ4v) is 3.43. The fourth-order valence-electron chi connectivity index (χ4n) is 2.42. The monoisotopic (exact) mass is 374 g/mol. The van der Waals surface area contributed by atoms with E-state index in [4.69, 9.17) is 0 Å². The van der Waals surface area contributed by atoms with Gasteiger partial charge in [0, 0.05) is 10.9 Å². The quantitative estimate of drug-likeness (QED) is 0.688. The molecule has 4 heteroatoms. The van der Waals surface area contributed by atoms with Crippen molar-refractivity contribution in [1.82, 2.24) is 0 Å². The molecule has 0 fully saturated rings. The van der Waals surface area contributed by atoms with E-state index in [-0.39, 0.29) is 17.0 Å². The molecule has 0 atom stereocenters. The van der Waals surface area contributed by atoms with Crippen LogP contribution in [0.25, 0.3) is 11.3 Å². The van der Waals surface area contributed by atoms with Gasteiger partial charge in [0.25, 0.3) is 0 Å². The molecule has 1 heterocycles. The van der Waals surface area contributed by atoms with Crippen molar-refractivity contribution in [1.29, 1.82) is 0 Å². The molecule has 0 aliphatic heterocycles. The SMILES string of the molecule is CC[n+]1c(-c2ccccc2)csc1Nc1ccccc1C.[Br-]. The van der Waals surface area contributed by atoms with Crippen molar-refractivity contribution in [3.63, 3.8) is 0 Å². The lowest BCUT2D eigenvalue weighted by Gasteiger charge is -2.05. The topological polar surface area (TPSA) is 15.9 Å². The number of anilines is 2. The van der Waals surface area contributed by atoms with Crippen molar-refractivity contribution in [2.24, 2.45) is 0 Å². The Labute approximate surface area is 146 Å². The number of aromatic nitrogens is 1. The number of aryl methyl sites for hydroxylation is 1. The summed E-state index contributed by atoms with van der Waals surface area (Å²) in [5, 5.41) is 6.96. The van der Waals surface area contributed by atoms with Crippen LogP contribution in [-0.4, -0.2) is 0 Å². The molecule has 0 spiro atoms. The number of nitrogens with zero attached hydrogens (tertiary/aromatic N) is 1. The van der Waals surface area contributed by atoms with Crippen molar-refractivity contribution in [3.8, 4) is 11.3 Å². The molecule has 0 saturated carbocycles. The fraction of sp³-hybridized carbons (Fsp3) is 0.167. The summed E-state index contributed by atoms with van der Waals surface area (Å²) in [6.07, 6.45) is 0. The smallest absolute Gasteiger partial charge is 0.339 e. The van der Waals surface area contributed by atoms with E-state index in [1.807, 2.05) is 0 Å². The molecule has 114 valence electrons. The molecule has 3 aromatic rings. The van der Waals surface area contributed by atoms with Crippen molar-refractivity contribution >= 4 is 22.2 Å². The van der Waals surface area contributed by atoms with Gasteiger partial charge >= 0.3 is 5.13 Å². The van der Waals surface area contributed by atoms with Crippen molar-refractivity contribution in [2.75, 3.05) is 5.32 Å². The predicted octanol–water partition coefficient (Wildman–Crippen LogP) is 1.78. The Balaban J connectivity index is 0.00000176. The molecule has 1 N–H and O–H groups in total. The molecular weight excluding hydrogens is 356 g/mol. The molecule has 2 aromatic carbocycles. The molecule has 3 rings (SSSR count). The summed E-state index contributed by atoms with van der Waals surface area (Å²) >= 11 is 1.75. The minimum absolute atomic E-state index is 0. The summed E-state index contributed by atoms with van der Waals surface area (Å²) in [7, 11) is 0. The Kier molecular flexibility index (Phi) is 5.75. The van der Waals surface area contributed by atoms with Crippen LogP contribution in [0, 0.1) is 6.92 Å². The van der Waals surface area contributed by atoms with Gasteiger partial charge < -0.3 is 17.0 Å². The van der Waals surface area contributed by atoms with Crippen LogP contribution in [0.2, 0.25) is 0 Å². The molecule has 22 heavy (non-hydrogen) atoms. The lowest BCUT2D eigenvalue weighted by molar-refractivity contribution is -0.664. The van der Waals surface area contributed by atoms with Crippen LogP contribution < -0.4 is 26.9 Å². The zero-order valence-electron chi connectivity index (χ0n) is 12.7. The summed E-state index contributed by atoms with van der Waals surface area (Å²) in [4.78, 5) is 0. The van der Waals surface area contributed by atoms with Crippen LogP contribution in [0.15, 0.2) is 60.0 Å². The van der Waals surface area contributed by atoms with Gasteiger partial charge in [-0.05, 0) is 25.5 Å². The highest BCUT2D eigenvalue weighted by molar-refractivity contribution is 7.13. The summed E-state index contributed by atoms with van der Waals surface area (Å²) in [5.74, 6) is 0.